The van der Waals surface area contributed by atoms with Crippen LogP contribution in [-0.4, -0.2) is 6.88 Å². The molecule has 2 aliphatic rings. The molecule has 4 heteroatoms. The van der Waals surface area contributed by atoms with Crippen LogP contribution in [0.3, 0.4) is 0 Å². The van der Waals surface area contributed by atoms with Gasteiger partial charge in [0, 0.05) is 0 Å². The van der Waals surface area contributed by atoms with Crippen molar-refractivity contribution in [3.05, 3.63) is 63.0 Å². The van der Waals surface area contributed by atoms with E-state index < -0.39 is 0 Å². The summed E-state index contributed by atoms with van der Waals surface area (Å²) < 4.78 is 0. The molecule has 0 amide bonds. The Hall–Kier alpha value is 0.640. The van der Waals surface area contributed by atoms with E-state index in [9.17, 15) is 0 Å². The van der Waals surface area contributed by atoms with Crippen LogP contribution in [-0.2, 0) is 23.3 Å². The molecule has 0 aromatic carbocycles. The molecular formula is C16H28Cl2SiZr-4. The summed E-state index contributed by atoms with van der Waals surface area (Å²) in [5, 5.41) is 0. The Labute approximate surface area is 156 Å². The predicted octanol–water partition coefficient (Wildman–Crippen LogP) is 4.85. The van der Waals surface area contributed by atoms with Crippen molar-refractivity contribution in [2.75, 3.05) is 0 Å². The minimum atomic E-state index is 0. The molecular weight excluding hydrogens is 382 g/mol. The maximum atomic E-state index is 3.16. The number of hydrogen-bond acceptors (Lipinski definition) is 0. The van der Waals surface area contributed by atoms with Crippen molar-refractivity contribution in [3.8, 4) is 0 Å². The van der Waals surface area contributed by atoms with Crippen LogP contribution in [0.5, 0.6) is 0 Å². The fraction of sp³-hybridized carbons (Fsp3) is 0.375. The van der Waals surface area contributed by atoms with Crippen molar-refractivity contribution in [3.63, 3.8) is 0 Å². The maximum absolute atomic E-state index is 3.16. The molecule has 0 N–H and O–H groups in total. The molecule has 0 atom stereocenters. The van der Waals surface area contributed by atoms with Gasteiger partial charge in [0.15, 0.2) is 0 Å². The Morgan fingerprint density at radius 2 is 1.60 bits per heavy atom. The third-order valence-electron chi connectivity index (χ3n) is 2.15. The van der Waals surface area contributed by atoms with Crippen LogP contribution in [0.4, 0.5) is 0 Å². The topological polar surface area (TPSA) is 0 Å². The average molecular weight is 411 g/mol. The van der Waals surface area contributed by atoms with Gasteiger partial charge in [-0.25, -0.2) is 18.2 Å². The average Bonchev–Trinajstić information content (AvgIpc) is 2.96. The van der Waals surface area contributed by atoms with Crippen molar-refractivity contribution in [1.82, 2.24) is 0 Å². The van der Waals surface area contributed by atoms with E-state index in [0.29, 0.717) is 5.41 Å². The molecule has 0 bridgehead atoms. The van der Waals surface area contributed by atoms with E-state index in [0.717, 1.165) is 12.8 Å². The summed E-state index contributed by atoms with van der Waals surface area (Å²) in [5.74, 6) is 0. The van der Waals surface area contributed by atoms with E-state index in [2.05, 4.69) is 51.2 Å². The van der Waals surface area contributed by atoms with E-state index in [1.165, 1.54) is 5.57 Å². The van der Waals surface area contributed by atoms with Gasteiger partial charge >= 0.3 is 30.2 Å². The predicted molar refractivity (Wildman–Crippen MR) is 97.4 cm³/mol. The Morgan fingerprint density at radius 3 is 1.75 bits per heavy atom. The molecule has 0 radical (unpaired) electrons. The Balaban J connectivity index is -0.0000000604. The second kappa shape index (κ2) is 19.6. The summed E-state index contributed by atoms with van der Waals surface area (Å²) in [5.41, 5.74) is 1.74. The molecule has 0 spiro atoms. The molecule has 0 fully saturated rings. The quantitative estimate of drug-likeness (QED) is 0.395. The summed E-state index contributed by atoms with van der Waals surface area (Å²) >= 11 is 1.58. The Bertz CT molecular complexity index is 303. The summed E-state index contributed by atoms with van der Waals surface area (Å²) in [6.07, 6.45) is 18.5. The Kier molecular flexibility index (Phi) is 32.0. The van der Waals surface area contributed by atoms with E-state index in [1.807, 2.05) is 19.0 Å². The molecule has 20 heavy (non-hydrogen) atoms. The van der Waals surface area contributed by atoms with Crippen molar-refractivity contribution >= 4 is 31.7 Å². The van der Waals surface area contributed by atoms with E-state index in [-0.39, 0.29) is 39.7 Å². The molecule has 0 aliphatic heterocycles. The zero-order chi connectivity index (χ0) is 12.4. The number of rotatable bonds is 0. The fourth-order valence-corrected chi connectivity index (χ4v) is 1.26. The van der Waals surface area contributed by atoms with Gasteiger partial charge in [-0.05, 0) is 0 Å². The summed E-state index contributed by atoms with van der Waals surface area (Å²) in [4.78, 5) is 0. The SMILES string of the molecule is CC(C)(C)C1=CC[C-]=C1.Cl.Cl.[C-]1=CC=CC1.[CH3-].[CH3-].[SiH2]=[Zr]. The summed E-state index contributed by atoms with van der Waals surface area (Å²) in [6, 6.07) is 0. The van der Waals surface area contributed by atoms with E-state index in [4.69, 9.17) is 0 Å². The van der Waals surface area contributed by atoms with Gasteiger partial charge in [0.05, 0.1) is 0 Å². The Morgan fingerprint density at radius 1 is 1.05 bits per heavy atom. The van der Waals surface area contributed by atoms with Crippen molar-refractivity contribution < 1.29 is 23.3 Å². The van der Waals surface area contributed by atoms with Gasteiger partial charge < -0.3 is 14.9 Å². The van der Waals surface area contributed by atoms with Gasteiger partial charge in [-0.1, -0.05) is 26.2 Å². The van der Waals surface area contributed by atoms with E-state index >= 15 is 0 Å². The van der Waals surface area contributed by atoms with E-state index in [1.54, 1.807) is 23.3 Å². The fourth-order valence-electron chi connectivity index (χ4n) is 1.26. The third-order valence-corrected chi connectivity index (χ3v) is 2.15. The van der Waals surface area contributed by atoms with Gasteiger partial charge in [-0.3, -0.25) is 12.2 Å². The number of halogens is 2. The van der Waals surface area contributed by atoms with Crippen LogP contribution in [0.25, 0.3) is 0 Å². The van der Waals surface area contributed by atoms with Gasteiger partial charge in [0.25, 0.3) is 0 Å². The zero-order valence-electron chi connectivity index (χ0n) is 13.3. The number of allylic oxidation sites excluding steroid dienone is 8. The standard InChI is InChI=1S/C9H13.C5H5.2CH3.2ClH.H2Si.Zr/c1-9(2,3)8-6-4-5-7-8;1-2-4-5-3-1;;;;;;/h6-7H,4H2,1-3H3;1-3H,4H2;2*1H3;2*1H;1H2;/q4*-1;;;;. The number of hydrogen-bond donors (Lipinski definition) is 0. The van der Waals surface area contributed by atoms with Crippen molar-refractivity contribution in [1.29, 1.82) is 0 Å². The van der Waals surface area contributed by atoms with Crippen LogP contribution < -0.4 is 0 Å². The normalized spacial score (nSPS) is 12.8. The zero-order valence-corrected chi connectivity index (χ0v) is 18.8. The molecule has 0 nitrogen and oxygen atoms in total. The molecule has 0 aromatic heterocycles. The van der Waals surface area contributed by atoms with Gasteiger partial charge in [0.1, 0.15) is 0 Å². The van der Waals surface area contributed by atoms with Gasteiger partial charge in [-0.2, -0.15) is 17.7 Å². The molecule has 118 valence electrons. The first-order chi connectivity index (χ1) is 7.61. The summed E-state index contributed by atoms with van der Waals surface area (Å²) in [7, 11) is 0. The second-order valence-electron chi connectivity index (χ2n) is 4.47. The van der Waals surface area contributed by atoms with Crippen LogP contribution in [0.15, 0.2) is 36.0 Å². The molecule has 0 saturated heterocycles. The minimum absolute atomic E-state index is 0. The third kappa shape index (κ3) is 16.7. The van der Waals surface area contributed by atoms with Gasteiger partial charge in [-0.15, -0.1) is 37.7 Å². The van der Waals surface area contributed by atoms with Crippen LogP contribution in [0.1, 0.15) is 33.6 Å². The molecule has 0 unspecified atom stereocenters. The van der Waals surface area contributed by atoms with Crippen molar-refractivity contribution in [2.24, 2.45) is 5.41 Å². The monoisotopic (exact) mass is 408 g/mol. The summed E-state index contributed by atoms with van der Waals surface area (Å²) in [6.45, 7) is 8.62. The van der Waals surface area contributed by atoms with Crippen LogP contribution in [0, 0.1) is 32.4 Å². The van der Waals surface area contributed by atoms with Crippen molar-refractivity contribution in [2.45, 2.75) is 33.6 Å². The van der Waals surface area contributed by atoms with Crippen LogP contribution >= 0.6 is 24.8 Å². The molecule has 0 saturated carbocycles. The first-order valence-electron chi connectivity index (χ1n) is 5.45. The first-order valence-corrected chi connectivity index (χ1v) is 11.4. The first kappa shape index (κ1) is 32.5. The molecule has 2 rings (SSSR count). The van der Waals surface area contributed by atoms with Crippen LogP contribution in [0.2, 0.25) is 0 Å². The molecule has 0 heterocycles. The second-order valence-corrected chi connectivity index (χ2v) is 4.47. The molecule has 2 aliphatic carbocycles. The molecule has 0 aromatic rings. The van der Waals surface area contributed by atoms with Gasteiger partial charge in [0.2, 0.25) is 0 Å².